The van der Waals surface area contributed by atoms with Crippen LogP contribution in [0.25, 0.3) is 10.2 Å². The smallest absolute Gasteiger partial charge is 0.471 e. The molecule has 1 aliphatic rings. The van der Waals surface area contributed by atoms with Gasteiger partial charge in [0.05, 0.1) is 33.4 Å². The zero-order valence-electron chi connectivity index (χ0n) is 16.7. The van der Waals surface area contributed by atoms with Gasteiger partial charge in [0.15, 0.2) is 0 Å². The monoisotopic (exact) mass is 485 g/mol. The number of carbonyl (C=O) groups excluding carboxylic acids is 1. The van der Waals surface area contributed by atoms with Gasteiger partial charge < -0.3 is 10.1 Å². The number of nitrogens with zero attached hydrogens (tertiary/aromatic N) is 1. The van der Waals surface area contributed by atoms with Crippen molar-refractivity contribution in [1.29, 1.82) is 0 Å². The minimum atomic E-state index is -4.99. The van der Waals surface area contributed by atoms with Gasteiger partial charge in [-0.05, 0) is 55.2 Å². The molecular formula is C20H18F3N3O4S2. The van der Waals surface area contributed by atoms with E-state index in [-0.39, 0.29) is 24.2 Å². The van der Waals surface area contributed by atoms with Crippen LogP contribution in [0.1, 0.15) is 17.5 Å². The number of hydrogen-bond donors (Lipinski definition) is 2. The summed E-state index contributed by atoms with van der Waals surface area (Å²) in [6.07, 6.45) is -4.63. The summed E-state index contributed by atoms with van der Waals surface area (Å²) in [6.45, 7) is 0. The van der Waals surface area contributed by atoms with Crippen LogP contribution in [0.2, 0.25) is 0 Å². The number of sulfonamides is 1. The highest BCUT2D eigenvalue weighted by atomic mass is 32.2. The minimum Gasteiger partial charge on any atom is -0.496 e. The molecular weight excluding hydrogens is 467 g/mol. The Labute approximate surface area is 185 Å². The summed E-state index contributed by atoms with van der Waals surface area (Å²) >= 11 is 1.38. The van der Waals surface area contributed by atoms with Gasteiger partial charge in [-0.15, -0.1) is 11.3 Å². The average Bonchev–Trinajstić information content (AvgIpc) is 3.19. The molecule has 3 aromatic rings. The second kappa shape index (κ2) is 8.24. The lowest BCUT2D eigenvalue weighted by molar-refractivity contribution is -0.174. The van der Waals surface area contributed by atoms with Crippen LogP contribution in [0.3, 0.4) is 0 Å². The number of nitrogens with one attached hydrogen (secondary N) is 2. The number of aromatic nitrogens is 1. The Morgan fingerprint density at radius 1 is 1.22 bits per heavy atom. The summed E-state index contributed by atoms with van der Waals surface area (Å²) in [4.78, 5) is 15.5. The maximum absolute atomic E-state index is 13.2. The number of methoxy groups -OCH3 is 1. The van der Waals surface area contributed by atoms with E-state index >= 15 is 0 Å². The molecule has 4 rings (SSSR count). The zero-order chi connectivity index (χ0) is 23.1. The van der Waals surface area contributed by atoms with E-state index in [1.54, 1.807) is 23.7 Å². The fourth-order valence-electron chi connectivity index (χ4n) is 3.78. The SMILES string of the molecule is COc1ccc(S(=O)(=O)Nc2ccc3ncsc3c2)c2c1CC(NC(=O)C(F)(F)F)CC2. The second-order valence-electron chi connectivity index (χ2n) is 7.27. The van der Waals surface area contributed by atoms with Gasteiger partial charge in [0.1, 0.15) is 5.75 Å². The Kier molecular flexibility index (Phi) is 5.76. The van der Waals surface area contributed by atoms with E-state index in [0.29, 0.717) is 22.6 Å². The predicted octanol–water partition coefficient (Wildman–Crippen LogP) is 3.64. The molecule has 32 heavy (non-hydrogen) atoms. The van der Waals surface area contributed by atoms with E-state index in [1.807, 2.05) is 5.32 Å². The maximum atomic E-state index is 13.2. The Bertz CT molecular complexity index is 1290. The molecule has 0 bridgehead atoms. The third kappa shape index (κ3) is 4.37. The van der Waals surface area contributed by atoms with E-state index in [2.05, 4.69) is 9.71 Å². The van der Waals surface area contributed by atoms with Crippen molar-refractivity contribution in [3.63, 3.8) is 0 Å². The van der Waals surface area contributed by atoms with E-state index < -0.39 is 28.1 Å². The normalized spacial score (nSPS) is 16.4. The van der Waals surface area contributed by atoms with E-state index in [4.69, 9.17) is 4.74 Å². The summed E-state index contributed by atoms with van der Waals surface area (Å²) in [5, 5.41) is 1.97. The predicted molar refractivity (Wildman–Crippen MR) is 113 cm³/mol. The van der Waals surface area contributed by atoms with E-state index in [1.165, 1.54) is 30.6 Å². The van der Waals surface area contributed by atoms with Crippen LogP contribution in [0.5, 0.6) is 5.75 Å². The van der Waals surface area contributed by atoms with E-state index in [9.17, 15) is 26.4 Å². The first-order valence-electron chi connectivity index (χ1n) is 9.51. The fourth-order valence-corrected chi connectivity index (χ4v) is 5.84. The third-order valence-corrected chi connectivity index (χ3v) is 7.48. The van der Waals surface area contributed by atoms with Crippen LogP contribution in [0, 0.1) is 0 Å². The second-order valence-corrected chi connectivity index (χ2v) is 9.81. The number of anilines is 1. The van der Waals surface area contributed by atoms with Gasteiger partial charge in [-0.25, -0.2) is 13.4 Å². The fraction of sp³-hybridized carbons (Fsp3) is 0.300. The van der Waals surface area contributed by atoms with Crippen molar-refractivity contribution >= 4 is 43.2 Å². The Balaban J connectivity index is 1.64. The molecule has 0 aliphatic heterocycles. The Hall–Kier alpha value is -2.86. The van der Waals surface area contributed by atoms with Gasteiger partial charge in [0.25, 0.3) is 10.0 Å². The molecule has 2 aromatic carbocycles. The van der Waals surface area contributed by atoms with Crippen molar-refractivity contribution in [1.82, 2.24) is 10.3 Å². The summed E-state index contributed by atoms with van der Waals surface area (Å²) in [5.41, 5.74) is 3.72. The summed E-state index contributed by atoms with van der Waals surface area (Å²) in [5.74, 6) is -1.66. The maximum Gasteiger partial charge on any atom is 0.471 e. The van der Waals surface area contributed by atoms with Gasteiger partial charge in [-0.3, -0.25) is 9.52 Å². The van der Waals surface area contributed by atoms with Gasteiger partial charge in [-0.2, -0.15) is 13.2 Å². The molecule has 1 atom stereocenters. The number of ether oxygens (including phenoxy) is 1. The number of benzene rings is 2. The zero-order valence-corrected chi connectivity index (χ0v) is 18.3. The highest BCUT2D eigenvalue weighted by Gasteiger charge is 2.40. The van der Waals surface area contributed by atoms with Crippen molar-refractivity contribution in [2.45, 2.75) is 36.4 Å². The summed E-state index contributed by atoms with van der Waals surface area (Å²) in [7, 11) is -2.59. The van der Waals surface area contributed by atoms with Crippen LogP contribution in [-0.4, -0.2) is 38.6 Å². The van der Waals surface area contributed by atoms with Crippen molar-refractivity contribution in [3.05, 3.63) is 47.0 Å². The minimum absolute atomic E-state index is 0.0243. The van der Waals surface area contributed by atoms with Gasteiger partial charge >= 0.3 is 12.1 Å². The lowest BCUT2D eigenvalue weighted by Crippen LogP contribution is -2.45. The first-order valence-corrected chi connectivity index (χ1v) is 11.9. The molecule has 1 aromatic heterocycles. The number of fused-ring (bicyclic) bond motifs is 2. The molecule has 0 spiro atoms. The Morgan fingerprint density at radius 2 is 2.00 bits per heavy atom. The molecule has 1 heterocycles. The molecule has 1 amide bonds. The molecule has 0 fully saturated rings. The molecule has 1 aliphatic carbocycles. The highest BCUT2D eigenvalue weighted by Crippen LogP contribution is 2.35. The van der Waals surface area contributed by atoms with Crippen molar-refractivity contribution < 1.29 is 31.1 Å². The quantitative estimate of drug-likeness (QED) is 0.575. The highest BCUT2D eigenvalue weighted by molar-refractivity contribution is 7.92. The van der Waals surface area contributed by atoms with Crippen LogP contribution < -0.4 is 14.8 Å². The van der Waals surface area contributed by atoms with Crippen LogP contribution in [0.15, 0.2) is 40.7 Å². The standard InChI is InChI=1S/C20H18F3N3O4S2/c1-30-16-6-7-18(13-4-2-11(8-14(13)16)25-19(27)20(21,22)23)32(28,29)26-12-3-5-15-17(9-12)31-10-24-15/h3,5-7,9-11,26H,2,4,8H2,1H3,(H,25,27). The molecule has 0 radical (unpaired) electrons. The number of rotatable bonds is 5. The third-order valence-electron chi connectivity index (χ3n) is 5.22. The van der Waals surface area contributed by atoms with Gasteiger partial charge in [-0.1, -0.05) is 0 Å². The number of carbonyl (C=O) groups is 1. The van der Waals surface area contributed by atoms with Crippen LogP contribution >= 0.6 is 11.3 Å². The van der Waals surface area contributed by atoms with Crippen molar-refractivity contribution in [3.8, 4) is 5.75 Å². The number of hydrogen-bond acceptors (Lipinski definition) is 6. The number of halogens is 3. The van der Waals surface area contributed by atoms with Gasteiger partial charge in [0.2, 0.25) is 0 Å². The van der Waals surface area contributed by atoms with Crippen molar-refractivity contribution in [2.24, 2.45) is 0 Å². The number of thiazole rings is 1. The first-order chi connectivity index (χ1) is 15.1. The number of alkyl halides is 3. The molecule has 0 saturated carbocycles. The molecule has 12 heteroatoms. The average molecular weight is 486 g/mol. The summed E-state index contributed by atoms with van der Waals surface area (Å²) in [6, 6.07) is 7.10. The largest absolute Gasteiger partial charge is 0.496 e. The molecule has 170 valence electrons. The molecule has 2 N–H and O–H groups in total. The van der Waals surface area contributed by atoms with E-state index in [0.717, 1.165) is 10.2 Å². The van der Waals surface area contributed by atoms with Crippen LogP contribution in [0.4, 0.5) is 18.9 Å². The van der Waals surface area contributed by atoms with Gasteiger partial charge in [0, 0.05) is 11.6 Å². The molecule has 0 saturated heterocycles. The lowest BCUT2D eigenvalue weighted by Gasteiger charge is -2.28. The topological polar surface area (TPSA) is 97.4 Å². The summed E-state index contributed by atoms with van der Waals surface area (Å²) < 4.78 is 72.9. The van der Waals surface area contributed by atoms with Crippen LogP contribution in [-0.2, 0) is 27.7 Å². The molecule has 1 unspecified atom stereocenters. The van der Waals surface area contributed by atoms with Crippen molar-refractivity contribution in [2.75, 3.05) is 11.8 Å². The lowest BCUT2D eigenvalue weighted by atomic mass is 9.87. The first kappa shape index (κ1) is 22.3. The number of amides is 1. The molecule has 7 nitrogen and oxygen atoms in total. The Morgan fingerprint density at radius 3 is 2.72 bits per heavy atom.